The Labute approximate surface area is 151 Å². The number of aromatic nitrogens is 1. The van der Waals surface area contributed by atoms with Crippen LogP contribution in [0.5, 0.6) is 0 Å². The van der Waals surface area contributed by atoms with E-state index in [4.69, 9.17) is 5.73 Å². The standard InChI is InChI=1S/C17H20FN3OS.ClH/c1-11-14(10-12-6-2-3-7-13(12)18)23-16(20-11)21-15(22)17(19)8-4-5-9-17;/h2-3,6-7H,4-5,8-10,19H2,1H3,(H,20,21,22);1H. The first-order chi connectivity index (χ1) is 11.0. The molecule has 0 radical (unpaired) electrons. The number of rotatable bonds is 4. The maximum atomic E-state index is 13.8. The van der Waals surface area contributed by atoms with Crippen molar-refractivity contribution < 1.29 is 9.18 Å². The number of benzene rings is 1. The molecule has 0 aliphatic heterocycles. The predicted octanol–water partition coefficient (Wildman–Crippen LogP) is 3.81. The Morgan fingerprint density at radius 2 is 2.04 bits per heavy atom. The van der Waals surface area contributed by atoms with Gasteiger partial charge in [0.2, 0.25) is 5.91 Å². The number of hydrogen-bond donors (Lipinski definition) is 2. The van der Waals surface area contributed by atoms with Gasteiger partial charge in [-0.1, -0.05) is 31.0 Å². The second kappa shape index (κ2) is 7.59. The number of anilines is 1. The molecule has 0 spiro atoms. The highest BCUT2D eigenvalue weighted by atomic mass is 35.5. The number of hydrogen-bond acceptors (Lipinski definition) is 4. The molecule has 7 heteroatoms. The summed E-state index contributed by atoms with van der Waals surface area (Å²) in [5.41, 5.74) is 6.82. The van der Waals surface area contributed by atoms with E-state index in [2.05, 4.69) is 10.3 Å². The molecule has 2 aromatic rings. The van der Waals surface area contributed by atoms with Crippen LogP contribution in [-0.2, 0) is 11.2 Å². The molecule has 1 aliphatic rings. The molecule has 0 atom stereocenters. The molecule has 0 unspecified atom stereocenters. The third-order valence-electron chi connectivity index (χ3n) is 4.37. The molecule has 1 heterocycles. The Kier molecular flexibility index (Phi) is 5.96. The molecule has 1 saturated carbocycles. The highest BCUT2D eigenvalue weighted by Crippen LogP contribution is 2.30. The number of amides is 1. The maximum Gasteiger partial charge on any atom is 0.246 e. The summed E-state index contributed by atoms with van der Waals surface area (Å²) >= 11 is 1.38. The summed E-state index contributed by atoms with van der Waals surface area (Å²) in [6.45, 7) is 1.87. The minimum absolute atomic E-state index is 0. The van der Waals surface area contributed by atoms with Crippen molar-refractivity contribution in [3.63, 3.8) is 0 Å². The Morgan fingerprint density at radius 1 is 1.38 bits per heavy atom. The Hall–Kier alpha value is -1.50. The van der Waals surface area contributed by atoms with Crippen LogP contribution in [0.15, 0.2) is 24.3 Å². The van der Waals surface area contributed by atoms with Gasteiger partial charge in [0.25, 0.3) is 0 Å². The number of thiazole rings is 1. The van der Waals surface area contributed by atoms with Gasteiger partial charge in [0, 0.05) is 11.3 Å². The van der Waals surface area contributed by atoms with Crippen LogP contribution in [0, 0.1) is 12.7 Å². The molecule has 0 saturated heterocycles. The van der Waals surface area contributed by atoms with E-state index in [1.54, 1.807) is 12.1 Å². The van der Waals surface area contributed by atoms with Crippen molar-refractivity contribution in [2.45, 2.75) is 44.6 Å². The van der Waals surface area contributed by atoms with Crippen molar-refractivity contribution in [1.29, 1.82) is 0 Å². The number of aryl methyl sites for hydroxylation is 1. The van der Waals surface area contributed by atoms with Crippen LogP contribution in [0.1, 0.15) is 41.8 Å². The summed E-state index contributed by atoms with van der Waals surface area (Å²) in [6.07, 6.45) is 3.87. The summed E-state index contributed by atoms with van der Waals surface area (Å²) in [7, 11) is 0. The first kappa shape index (κ1) is 18.8. The topological polar surface area (TPSA) is 68.0 Å². The molecule has 0 bridgehead atoms. The van der Waals surface area contributed by atoms with Gasteiger partial charge in [-0.3, -0.25) is 4.79 Å². The fraction of sp³-hybridized carbons (Fsp3) is 0.412. The van der Waals surface area contributed by atoms with Gasteiger partial charge < -0.3 is 11.1 Å². The second-order valence-electron chi connectivity index (χ2n) is 6.11. The molecule has 3 rings (SSSR count). The van der Waals surface area contributed by atoms with E-state index in [1.165, 1.54) is 17.4 Å². The first-order valence-corrected chi connectivity index (χ1v) is 8.60. The van der Waals surface area contributed by atoms with Gasteiger partial charge >= 0.3 is 0 Å². The zero-order valence-electron chi connectivity index (χ0n) is 13.5. The Balaban J connectivity index is 0.00000208. The van der Waals surface area contributed by atoms with Gasteiger partial charge in [0.15, 0.2) is 5.13 Å². The van der Waals surface area contributed by atoms with Crippen LogP contribution in [0.25, 0.3) is 0 Å². The first-order valence-electron chi connectivity index (χ1n) is 7.78. The van der Waals surface area contributed by atoms with Crippen LogP contribution in [0.3, 0.4) is 0 Å². The monoisotopic (exact) mass is 369 g/mol. The van der Waals surface area contributed by atoms with Crippen LogP contribution in [0.2, 0.25) is 0 Å². The van der Waals surface area contributed by atoms with Crippen LogP contribution in [-0.4, -0.2) is 16.4 Å². The molecular formula is C17H21ClFN3OS. The maximum absolute atomic E-state index is 13.8. The number of carbonyl (C=O) groups excluding carboxylic acids is 1. The molecule has 1 aromatic carbocycles. The molecule has 1 aliphatic carbocycles. The molecule has 3 N–H and O–H groups in total. The smallest absolute Gasteiger partial charge is 0.246 e. The lowest BCUT2D eigenvalue weighted by Gasteiger charge is -2.21. The number of halogens is 2. The number of nitrogens with zero attached hydrogens (tertiary/aromatic N) is 1. The summed E-state index contributed by atoms with van der Waals surface area (Å²) in [4.78, 5) is 17.7. The van der Waals surface area contributed by atoms with Crippen molar-refractivity contribution in [2.24, 2.45) is 5.73 Å². The Bertz CT molecular complexity index is 728. The predicted molar refractivity (Wildman–Crippen MR) is 97.3 cm³/mol. The summed E-state index contributed by atoms with van der Waals surface area (Å²) in [5, 5.41) is 3.37. The minimum atomic E-state index is -0.773. The summed E-state index contributed by atoms with van der Waals surface area (Å²) in [5.74, 6) is -0.390. The highest BCUT2D eigenvalue weighted by Gasteiger charge is 2.37. The SMILES string of the molecule is Cc1nc(NC(=O)C2(N)CCCC2)sc1Cc1ccccc1F.Cl. The second-order valence-corrected chi connectivity index (χ2v) is 7.20. The lowest BCUT2D eigenvalue weighted by Crippen LogP contribution is -2.48. The number of nitrogens with one attached hydrogen (secondary N) is 1. The van der Waals surface area contributed by atoms with Gasteiger partial charge in [-0.2, -0.15) is 0 Å². The lowest BCUT2D eigenvalue weighted by molar-refractivity contribution is -0.121. The Morgan fingerprint density at radius 3 is 2.71 bits per heavy atom. The van der Waals surface area contributed by atoms with Crippen molar-refractivity contribution in [3.8, 4) is 0 Å². The van der Waals surface area contributed by atoms with E-state index in [0.29, 0.717) is 30.0 Å². The van der Waals surface area contributed by atoms with Gasteiger partial charge in [-0.25, -0.2) is 9.37 Å². The van der Waals surface area contributed by atoms with E-state index in [0.717, 1.165) is 23.4 Å². The van der Waals surface area contributed by atoms with Crippen molar-refractivity contribution in [3.05, 3.63) is 46.2 Å². The average molecular weight is 370 g/mol. The number of carbonyl (C=O) groups is 1. The highest BCUT2D eigenvalue weighted by molar-refractivity contribution is 7.15. The fourth-order valence-corrected chi connectivity index (χ4v) is 3.90. The van der Waals surface area contributed by atoms with Crippen LogP contribution < -0.4 is 11.1 Å². The summed E-state index contributed by atoms with van der Waals surface area (Å²) in [6, 6.07) is 6.70. The van der Waals surface area contributed by atoms with E-state index in [9.17, 15) is 9.18 Å². The van der Waals surface area contributed by atoms with Gasteiger partial charge in [-0.05, 0) is 31.4 Å². The van der Waals surface area contributed by atoms with E-state index < -0.39 is 5.54 Å². The largest absolute Gasteiger partial charge is 0.317 e. The van der Waals surface area contributed by atoms with Crippen LogP contribution in [0.4, 0.5) is 9.52 Å². The van der Waals surface area contributed by atoms with Crippen molar-refractivity contribution in [2.75, 3.05) is 5.32 Å². The van der Waals surface area contributed by atoms with E-state index in [1.807, 2.05) is 13.0 Å². The van der Waals surface area contributed by atoms with E-state index in [-0.39, 0.29) is 24.1 Å². The summed E-state index contributed by atoms with van der Waals surface area (Å²) < 4.78 is 13.8. The normalized spacial score (nSPS) is 15.8. The zero-order chi connectivity index (χ0) is 16.4. The molecule has 1 aromatic heterocycles. The zero-order valence-corrected chi connectivity index (χ0v) is 15.1. The third-order valence-corrected chi connectivity index (χ3v) is 5.44. The molecule has 4 nitrogen and oxygen atoms in total. The van der Waals surface area contributed by atoms with Gasteiger partial charge in [0.05, 0.1) is 11.2 Å². The van der Waals surface area contributed by atoms with Crippen molar-refractivity contribution in [1.82, 2.24) is 4.98 Å². The molecule has 24 heavy (non-hydrogen) atoms. The fourth-order valence-electron chi connectivity index (χ4n) is 2.91. The van der Waals surface area contributed by atoms with Crippen molar-refractivity contribution >= 4 is 34.8 Å². The molecular weight excluding hydrogens is 349 g/mol. The lowest BCUT2D eigenvalue weighted by atomic mass is 9.98. The van der Waals surface area contributed by atoms with E-state index >= 15 is 0 Å². The molecule has 1 fully saturated rings. The van der Waals surface area contributed by atoms with Gasteiger partial charge in [-0.15, -0.1) is 23.7 Å². The third kappa shape index (κ3) is 3.94. The average Bonchev–Trinajstić information content (AvgIpc) is 3.09. The molecule has 1 amide bonds. The molecule has 130 valence electrons. The van der Waals surface area contributed by atoms with Gasteiger partial charge in [0.1, 0.15) is 5.82 Å². The van der Waals surface area contributed by atoms with Crippen LogP contribution >= 0.6 is 23.7 Å². The number of nitrogens with two attached hydrogens (primary N) is 1. The minimum Gasteiger partial charge on any atom is -0.317 e. The quantitative estimate of drug-likeness (QED) is 0.860.